The summed E-state index contributed by atoms with van der Waals surface area (Å²) in [6.07, 6.45) is 2.49. The zero-order valence-corrected chi connectivity index (χ0v) is 16.9. The minimum atomic E-state index is -0.200. The van der Waals surface area contributed by atoms with Crippen LogP contribution in [0.4, 0.5) is 5.69 Å². The number of nitrogens with one attached hydrogen (secondary N) is 1. The number of aromatic nitrogens is 2. The quantitative estimate of drug-likeness (QED) is 0.693. The molecule has 0 spiro atoms. The molecule has 1 saturated heterocycles. The van der Waals surface area contributed by atoms with Gasteiger partial charge in [0.15, 0.2) is 5.69 Å². The highest BCUT2D eigenvalue weighted by atomic mass is 16.5. The van der Waals surface area contributed by atoms with E-state index in [4.69, 9.17) is 4.74 Å². The van der Waals surface area contributed by atoms with Crippen molar-refractivity contribution >= 4 is 11.6 Å². The Morgan fingerprint density at radius 1 is 1.10 bits per heavy atom. The molecule has 6 heteroatoms. The van der Waals surface area contributed by atoms with E-state index in [1.54, 1.807) is 11.8 Å². The number of hydrogen-bond acceptors (Lipinski definition) is 4. The van der Waals surface area contributed by atoms with Crippen LogP contribution in [0.2, 0.25) is 0 Å². The van der Waals surface area contributed by atoms with Crippen LogP contribution in [-0.4, -0.2) is 40.8 Å². The molecule has 1 amide bonds. The summed E-state index contributed by atoms with van der Waals surface area (Å²) in [6, 6.07) is 17.5. The lowest BCUT2D eigenvalue weighted by Crippen LogP contribution is -2.20. The van der Waals surface area contributed by atoms with Gasteiger partial charge in [-0.3, -0.25) is 14.4 Å². The van der Waals surface area contributed by atoms with Crippen LogP contribution in [0.5, 0.6) is 5.75 Å². The number of aryl methyl sites for hydroxylation is 1. The van der Waals surface area contributed by atoms with Crippen molar-refractivity contribution in [3.63, 3.8) is 0 Å². The topological polar surface area (TPSA) is 59.4 Å². The van der Waals surface area contributed by atoms with E-state index in [1.165, 1.54) is 12.8 Å². The molecule has 3 aromatic rings. The van der Waals surface area contributed by atoms with Gasteiger partial charge in [-0.05, 0) is 67.9 Å². The summed E-state index contributed by atoms with van der Waals surface area (Å²) < 4.78 is 6.94. The first-order valence-electron chi connectivity index (χ1n) is 9.94. The summed E-state index contributed by atoms with van der Waals surface area (Å²) in [6.45, 7) is 3.09. The second kappa shape index (κ2) is 8.49. The van der Waals surface area contributed by atoms with Gasteiger partial charge in [-0.1, -0.05) is 18.2 Å². The molecule has 0 radical (unpaired) electrons. The Morgan fingerprint density at radius 2 is 1.83 bits per heavy atom. The molecule has 1 aromatic heterocycles. The van der Waals surface area contributed by atoms with Gasteiger partial charge in [-0.2, -0.15) is 5.10 Å². The Balaban J connectivity index is 1.52. The van der Waals surface area contributed by atoms with Gasteiger partial charge in [0.25, 0.3) is 5.91 Å². The first-order chi connectivity index (χ1) is 14.1. The summed E-state index contributed by atoms with van der Waals surface area (Å²) >= 11 is 0. The highest BCUT2D eigenvalue weighted by molar-refractivity contribution is 6.03. The highest BCUT2D eigenvalue weighted by Crippen LogP contribution is 2.24. The van der Waals surface area contributed by atoms with E-state index in [1.807, 2.05) is 55.6 Å². The lowest BCUT2D eigenvalue weighted by atomic mass is 10.1. The van der Waals surface area contributed by atoms with Crippen LogP contribution in [0.15, 0.2) is 54.6 Å². The van der Waals surface area contributed by atoms with Crippen LogP contribution in [-0.2, 0) is 13.6 Å². The molecule has 0 atom stereocenters. The maximum Gasteiger partial charge on any atom is 0.276 e. The van der Waals surface area contributed by atoms with Gasteiger partial charge in [0, 0.05) is 24.8 Å². The molecule has 2 aromatic carbocycles. The molecular weight excluding hydrogens is 364 g/mol. The van der Waals surface area contributed by atoms with Gasteiger partial charge < -0.3 is 10.1 Å². The molecule has 0 unspecified atom stereocenters. The number of anilines is 1. The van der Waals surface area contributed by atoms with Crippen LogP contribution < -0.4 is 10.1 Å². The standard InChI is InChI=1S/C23H26N4O2/c1-26-22(17-9-11-19(29-2)12-10-17)15-21(25-26)23(28)24-20-8-4-3-7-18(20)16-27-13-5-6-14-27/h3-4,7-12,15H,5-6,13-14,16H2,1-2H3,(H,24,28). The van der Waals surface area contributed by atoms with Crippen LogP contribution in [0.25, 0.3) is 11.3 Å². The normalized spacial score (nSPS) is 14.1. The van der Waals surface area contributed by atoms with Crippen molar-refractivity contribution < 1.29 is 9.53 Å². The smallest absolute Gasteiger partial charge is 0.276 e. The van der Waals surface area contributed by atoms with Gasteiger partial charge >= 0.3 is 0 Å². The van der Waals surface area contributed by atoms with Crippen molar-refractivity contribution in [1.82, 2.24) is 14.7 Å². The highest BCUT2D eigenvalue weighted by Gasteiger charge is 2.17. The Labute approximate surface area is 171 Å². The average molecular weight is 390 g/mol. The number of para-hydroxylation sites is 1. The van der Waals surface area contributed by atoms with Crippen LogP contribution in [0.3, 0.4) is 0 Å². The summed E-state index contributed by atoms with van der Waals surface area (Å²) in [5.74, 6) is 0.595. The maximum atomic E-state index is 12.9. The third-order valence-corrected chi connectivity index (χ3v) is 5.36. The van der Waals surface area contributed by atoms with E-state index in [0.29, 0.717) is 5.69 Å². The summed E-state index contributed by atoms with van der Waals surface area (Å²) in [5, 5.41) is 7.47. The van der Waals surface area contributed by atoms with Gasteiger partial charge in [0.1, 0.15) is 5.75 Å². The number of carbonyl (C=O) groups excluding carboxylic acids is 1. The van der Waals surface area contributed by atoms with Crippen LogP contribution >= 0.6 is 0 Å². The van der Waals surface area contributed by atoms with E-state index in [2.05, 4.69) is 21.4 Å². The Bertz CT molecular complexity index is 988. The molecule has 150 valence electrons. The van der Waals surface area contributed by atoms with Gasteiger partial charge in [-0.15, -0.1) is 0 Å². The van der Waals surface area contributed by atoms with Crippen LogP contribution in [0.1, 0.15) is 28.9 Å². The van der Waals surface area contributed by atoms with Crippen molar-refractivity contribution in [3.8, 4) is 17.0 Å². The van der Waals surface area contributed by atoms with Gasteiger partial charge in [0.05, 0.1) is 12.8 Å². The molecule has 1 fully saturated rings. The van der Waals surface area contributed by atoms with Crippen molar-refractivity contribution in [2.24, 2.45) is 7.05 Å². The number of hydrogen-bond donors (Lipinski definition) is 1. The predicted octanol–water partition coefficient (Wildman–Crippen LogP) is 3.94. The lowest BCUT2D eigenvalue weighted by molar-refractivity contribution is 0.102. The lowest BCUT2D eigenvalue weighted by Gasteiger charge is -2.17. The van der Waals surface area contributed by atoms with Crippen LogP contribution in [0, 0.1) is 0 Å². The fraction of sp³-hybridized carbons (Fsp3) is 0.304. The molecule has 0 aliphatic carbocycles. The molecule has 4 rings (SSSR count). The van der Waals surface area contributed by atoms with Crippen molar-refractivity contribution in [3.05, 3.63) is 65.9 Å². The second-order valence-electron chi connectivity index (χ2n) is 7.36. The molecular formula is C23H26N4O2. The Morgan fingerprint density at radius 3 is 2.55 bits per heavy atom. The fourth-order valence-corrected chi connectivity index (χ4v) is 3.76. The Hall–Kier alpha value is -3.12. The second-order valence-corrected chi connectivity index (χ2v) is 7.36. The molecule has 29 heavy (non-hydrogen) atoms. The summed E-state index contributed by atoms with van der Waals surface area (Å²) in [5.41, 5.74) is 4.24. The monoisotopic (exact) mass is 390 g/mol. The van der Waals surface area contributed by atoms with Gasteiger partial charge in [0.2, 0.25) is 0 Å². The number of carbonyl (C=O) groups is 1. The van der Waals surface area contributed by atoms with E-state index in [-0.39, 0.29) is 5.91 Å². The molecule has 0 bridgehead atoms. The predicted molar refractivity (Wildman–Crippen MR) is 114 cm³/mol. The zero-order chi connectivity index (χ0) is 20.2. The number of benzene rings is 2. The molecule has 1 aliphatic heterocycles. The molecule has 2 heterocycles. The van der Waals surface area contributed by atoms with E-state index in [9.17, 15) is 4.79 Å². The number of nitrogens with zero attached hydrogens (tertiary/aromatic N) is 3. The molecule has 1 N–H and O–H groups in total. The average Bonchev–Trinajstić information content (AvgIpc) is 3.39. The number of methoxy groups -OCH3 is 1. The first kappa shape index (κ1) is 19.2. The molecule has 0 saturated carbocycles. The van der Waals surface area contributed by atoms with E-state index in [0.717, 1.165) is 47.9 Å². The third-order valence-electron chi connectivity index (χ3n) is 5.36. The molecule has 1 aliphatic rings. The third kappa shape index (κ3) is 4.32. The minimum absolute atomic E-state index is 0.200. The minimum Gasteiger partial charge on any atom is -0.497 e. The summed E-state index contributed by atoms with van der Waals surface area (Å²) in [7, 11) is 3.49. The van der Waals surface area contributed by atoms with Gasteiger partial charge in [-0.25, -0.2) is 0 Å². The van der Waals surface area contributed by atoms with Crippen molar-refractivity contribution in [2.45, 2.75) is 19.4 Å². The zero-order valence-electron chi connectivity index (χ0n) is 16.9. The number of rotatable bonds is 6. The van der Waals surface area contributed by atoms with E-state index < -0.39 is 0 Å². The fourth-order valence-electron chi connectivity index (χ4n) is 3.76. The number of amides is 1. The number of likely N-dealkylation sites (tertiary alicyclic amines) is 1. The SMILES string of the molecule is COc1ccc(-c2cc(C(=O)Nc3ccccc3CN3CCCC3)nn2C)cc1. The summed E-state index contributed by atoms with van der Waals surface area (Å²) in [4.78, 5) is 15.3. The first-order valence-corrected chi connectivity index (χ1v) is 9.94. The van der Waals surface area contributed by atoms with Crippen molar-refractivity contribution in [2.75, 3.05) is 25.5 Å². The Kier molecular flexibility index (Phi) is 5.62. The van der Waals surface area contributed by atoms with Crippen molar-refractivity contribution in [1.29, 1.82) is 0 Å². The maximum absolute atomic E-state index is 12.9. The van der Waals surface area contributed by atoms with E-state index >= 15 is 0 Å². The molecule has 6 nitrogen and oxygen atoms in total. The largest absolute Gasteiger partial charge is 0.497 e. The number of ether oxygens (including phenoxy) is 1.